The molecule has 1 atom stereocenters. The van der Waals surface area contributed by atoms with Crippen LogP contribution in [0.1, 0.15) is 28.6 Å². The van der Waals surface area contributed by atoms with Gasteiger partial charge in [-0.3, -0.25) is 4.79 Å². The third-order valence-corrected chi connectivity index (χ3v) is 4.53. The van der Waals surface area contributed by atoms with Crippen LogP contribution in [0.4, 0.5) is 10.7 Å². The van der Waals surface area contributed by atoms with Gasteiger partial charge in [0.1, 0.15) is 15.9 Å². The highest BCUT2D eigenvalue weighted by atomic mass is 32.1. The molecule has 1 unspecified atom stereocenters. The maximum absolute atomic E-state index is 12.0. The molecule has 2 rings (SSSR count). The smallest absolute Gasteiger partial charge is 0.256 e. The molecule has 6 nitrogen and oxygen atoms in total. The van der Waals surface area contributed by atoms with Crippen LogP contribution in [0.2, 0.25) is 0 Å². The Hall–Kier alpha value is -1.78. The Balaban J connectivity index is 2.40. The summed E-state index contributed by atoms with van der Waals surface area (Å²) in [5.41, 5.74) is 6.61. The van der Waals surface area contributed by atoms with Crippen LogP contribution in [0, 0.1) is 11.3 Å². The van der Waals surface area contributed by atoms with Gasteiger partial charge in [0.2, 0.25) is 0 Å². The van der Waals surface area contributed by atoms with E-state index < -0.39 is 0 Å². The van der Waals surface area contributed by atoms with E-state index in [0.717, 1.165) is 11.4 Å². The van der Waals surface area contributed by atoms with Crippen LogP contribution in [-0.4, -0.2) is 38.8 Å². The van der Waals surface area contributed by atoms with E-state index in [9.17, 15) is 4.79 Å². The fourth-order valence-electron chi connectivity index (χ4n) is 2.23. The molecule has 1 aliphatic rings. The zero-order valence-corrected chi connectivity index (χ0v) is 12.4. The maximum atomic E-state index is 12.0. The van der Waals surface area contributed by atoms with E-state index in [1.807, 2.05) is 0 Å². The molecular weight excluding hydrogens is 276 g/mol. The predicted molar refractivity (Wildman–Crippen MR) is 79.1 cm³/mol. The van der Waals surface area contributed by atoms with Crippen molar-refractivity contribution in [2.24, 2.45) is 0 Å². The number of carbonyl (C=O) groups excluding carboxylic acids is 1. The Morgan fingerprint density at radius 3 is 3.05 bits per heavy atom. The summed E-state index contributed by atoms with van der Waals surface area (Å²) in [5.74, 6) is -0.255. The van der Waals surface area contributed by atoms with Gasteiger partial charge in [0, 0.05) is 20.1 Å². The van der Waals surface area contributed by atoms with Gasteiger partial charge in [-0.05, 0) is 6.42 Å². The van der Waals surface area contributed by atoms with Crippen molar-refractivity contribution in [3.63, 3.8) is 0 Å². The number of nitriles is 1. The van der Waals surface area contributed by atoms with Crippen LogP contribution in [-0.2, 0) is 4.74 Å². The fraction of sp³-hybridized carbons (Fsp3) is 0.538. The molecule has 1 amide bonds. The lowest BCUT2D eigenvalue weighted by atomic mass is 10.2. The van der Waals surface area contributed by atoms with Crippen molar-refractivity contribution >= 4 is 27.9 Å². The molecule has 1 aromatic rings. The topological polar surface area (TPSA) is 91.4 Å². The number of nitrogens with zero attached hydrogens (tertiary/aromatic N) is 2. The molecule has 108 valence electrons. The van der Waals surface area contributed by atoms with Gasteiger partial charge in [0.25, 0.3) is 5.91 Å². The van der Waals surface area contributed by atoms with Crippen molar-refractivity contribution < 1.29 is 9.53 Å². The normalized spacial score (nSPS) is 18.6. The Morgan fingerprint density at radius 2 is 2.45 bits per heavy atom. The average Bonchev–Trinajstić information content (AvgIpc) is 2.83. The summed E-state index contributed by atoms with van der Waals surface area (Å²) in [6, 6.07) is 2.05. The quantitative estimate of drug-likeness (QED) is 0.873. The highest BCUT2D eigenvalue weighted by Crippen LogP contribution is 2.38. The lowest BCUT2D eigenvalue weighted by molar-refractivity contribution is 0.0386. The number of carbonyl (C=O) groups is 1. The van der Waals surface area contributed by atoms with Crippen LogP contribution < -0.4 is 16.0 Å². The molecule has 7 heteroatoms. The summed E-state index contributed by atoms with van der Waals surface area (Å²) in [6.45, 7) is 4.10. The van der Waals surface area contributed by atoms with Crippen molar-refractivity contribution in [1.29, 1.82) is 5.26 Å². The number of hydrogen-bond donors (Lipinski definition) is 2. The molecule has 3 N–H and O–H groups in total. The lowest BCUT2D eigenvalue weighted by Crippen LogP contribution is -2.42. The molecule has 0 bridgehead atoms. The molecule has 0 radical (unpaired) electrons. The molecular formula is C13H18N4O2S. The van der Waals surface area contributed by atoms with Gasteiger partial charge in [0.05, 0.1) is 24.0 Å². The second kappa shape index (κ2) is 6.11. The summed E-state index contributed by atoms with van der Waals surface area (Å²) in [5, 5.41) is 12.5. The maximum Gasteiger partial charge on any atom is 0.256 e. The second-order valence-electron chi connectivity index (χ2n) is 4.56. The van der Waals surface area contributed by atoms with E-state index in [0.29, 0.717) is 30.1 Å². The van der Waals surface area contributed by atoms with Crippen molar-refractivity contribution in [3.8, 4) is 6.07 Å². The van der Waals surface area contributed by atoms with Crippen LogP contribution in [0.15, 0.2) is 0 Å². The number of nitrogens with one attached hydrogen (secondary N) is 1. The highest BCUT2D eigenvalue weighted by Gasteiger charge is 2.28. The van der Waals surface area contributed by atoms with Gasteiger partial charge in [-0.15, -0.1) is 11.3 Å². The molecule has 1 aliphatic heterocycles. The highest BCUT2D eigenvalue weighted by molar-refractivity contribution is 7.17. The molecule has 1 fully saturated rings. The van der Waals surface area contributed by atoms with Gasteiger partial charge in [-0.25, -0.2) is 0 Å². The SMILES string of the molecule is CCC1CN(c2sc(C#N)c(N)c2C(=O)NC)CCO1. The summed E-state index contributed by atoms with van der Waals surface area (Å²) in [4.78, 5) is 14.5. The van der Waals surface area contributed by atoms with Gasteiger partial charge >= 0.3 is 0 Å². The molecule has 0 aromatic carbocycles. The zero-order chi connectivity index (χ0) is 14.7. The minimum atomic E-state index is -0.255. The largest absolute Gasteiger partial charge is 0.396 e. The summed E-state index contributed by atoms with van der Waals surface area (Å²) in [6.07, 6.45) is 1.06. The van der Waals surface area contributed by atoms with Crippen molar-refractivity contribution in [1.82, 2.24) is 5.32 Å². The summed E-state index contributed by atoms with van der Waals surface area (Å²) >= 11 is 1.27. The number of anilines is 2. The zero-order valence-electron chi connectivity index (χ0n) is 11.6. The Morgan fingerprint density at radius 1 is 1.70 bits per heavy atom. The predicted octanol–water partition coefficient (Wildman–Crippen LogP) is 1.18. The summed E-state index contributed by atoms with van der Waals surface area (Å²) in [7, 11) is 1.56. The second-order valence-corrected chi connectivity index (χ2v) is 5.56. The van der Waals surface area contributed by atoms with E-state index in [2.05, 4.69) is 23.2 Å². The summed E-state index contributed by atoms with van der Waals surface area (Å²) < 4.78 is 5.64. The standard InChI is InChI=1S/C13H18N4O2S/c1-3-8-7-17(4-5-19-8)13-10(12(18)16-2)11(15)9(6-14)20-13/h8H,3-5,7,15H2,1-2H3,(H,16,18). The third kappa shape index (κ3) is 2.57. The minimum absolute atomic E-state index is 0.148. The first-order chi connectivity index (χ1) is 9.62. The Bertz CT molecular complexity index is 549. The number of thiophene rings is 1. The van der Waals surface area contributed by atoms with E-state index in [1.54, 1.807) is 7.05 Å². The number of nitrogens with two attached hydrogens (primary N) is 1. The molecule has 0 spiro atoms. The van der Waals surface area contributed by atoms with Gasteiger partial charge in [-0.1, -0.05) is 6.92 Å². The molecule has 1 aromatic heterocycles. The molecule has 20 heavy (non-hydrogen) atoms. The molecule has 0 aliphatic carbocycles. The number of morpholine rings is 1. The first-order valence-corrected chi connectivity index (χ1v) is 7.35. The Kier molecular flexibility index (Phi) is 4.47. The lowest BCUT2D eigenvalue weighted by Gasteiger charge is -2.33. The first kappa shape index (κ1) is 14.6. The van der Waals surface area contributed by atoms with E-state index in [1.165, 1.54) is 11.3 Å². The molecule has 0 saturated carbocycles. The average molecular weight is 294 g/mol. The van der Waals surface area contributed by atoms with Gasteiger partial charge in [0.15, 0.2) is 0 Å². The van der Waals surface area contributed by atoms with Crippen LogP contribution in [0.5, 0.6) is 0 Å². The van der Waals surface area contributed by atoms with E-state index >= 15 is 0 Å². The van der Waals surface area contributed by atoms with Crippen LogP contribution in [0.25, 0.3) is 0 Å². The van der Waals surface area contributed by atoms with Gasteiger partial charge in [-0.2, -0.15) is 5.26 Å². The van der Waals surface area contributed by atoms with Gasteiger partial charge < -0.3 is 20.7 Å². The Labute approximate surface area is 122 Å². The fourth-order valence-corrected chi connectivity index (χ4v) is 3.28. The van der Waals surface area contributed by atoms with Crippen LogP contribution >= 0.6 is 11.3 Å². The van der Waals surface area contributed by atoms with Crippen LogP contribution in [0.3, 0.4) is 0 Å². The number of hydrogen-bond acceptors (Lipinski definition) is 6. The number of amides is 1. The number of rotatable bonds is 3. The monoisotopic (exact) mass is 294 g/mol. The third-order valence-electron chi connectivity index (χ3n) is 3.36. The van der Waals surface area contributed by atoms with Crippen molar-refractivity contribution in [2.75, 3.05) is 37.4 Å². The molecule has 2 heterocycles. The first-order valence-electron chi connectivity index (χ1n) is 6.53. The van der Waals surface area contributed by atoms with E-state index in [4.69, 9.17) is 15.7 Å². The number of ether oxygens (including phenoxy) is 1. The molecule has 1 saturated heterocycles. The van der Waals surface area contributed by atoms with E-state index in [-0.39, 0.29) is 17.7 Å². The minimum Gasteiger partial charge on any atom is -0.396 e. The van der Waals surface area contributed by atoms with Crippen molar-refractivity contribution in [2.45, 2.75) is 19.4 Å². The number of nitrogen functional groups attached to an aromatic ring is 1. The van der Waals surface area contributed by atoms with Crippen molar-refractivity contribution in [3.05, 3.63) is 10.4 Å².